The van der Waals surface area contributed by atoms with Crippen molar-refractivity contribution in [2.24, 2.45) is 0 Å². The number of nitrogens with one attached hydrogen (secondary N) is 1. The quantitative estimate of drug-likeness (QED) is 0.801. The number of aliphatic carboxylic acids is 1. The van der Waals surface area contributed by atoms with Gasteiger partial charge in [0, 0.05) is 18.3 Å². The first-order valence-electron chi connectivity index (χ1n) is 6.33. The Kier molecular flexibility index (Phi) is 5.78. The van der Waals surface area contributed by atoms with Crippen LogP contribution in [0.1, 0.15) is 33.1 Å². The second-order valence-corrected chi connectivity index (χ2v) is 6.24. The third-order valence-corrected chi connectivity index (χ3v) is 4.61. The van der Waals surface area contributed by atoms with Crippen LogP contribution in [0, 0.1) is 0 Å². The molecule has 1 rings (SSSR count). The molecule has 18 heavy (non-hydrogen) atoms. The molecule has 2 N–H and O–H groups in total. The standard InChI is InChI=1S/C12H22N2O3S/c1-4-18-10-6-5-9(7-10)13-12(17)14(3)8(2)11(15)16/h8-10H,4-7H2,1-3H3,(H,13,17)(H,15,16). The smallest absolute Gasteiger partial charge is 0.326 e. The van der Waals surface area contributed by atoms with Gasteiger partial charge in [-0.2, -0.15) is 11.8 Å². The third kappa shape index (κ3) is 4.08. The number of carbonyl (C=O) groups excluding carboxylic acids is 1. The second-order valence-electron chi connectivity index (χ2n) is 4.66. The summed E-state index contributed by atoms with van der Waals surface area (Å²) in [7, 11) is 1.52. The molecule has 2 amide bonds. The fraction of sp³-hybridized carbons (Fsp3) is 0.833. The lowest BCUT2D eigenvalue weighted by Gasteiger charge is -2.24. The second kappa shape index (κ2) is 6.87. The number of urea groups is 1. The maximum atomic E-state index is 11.9. The largest absolute Gasteiger partial charge is 0.480 e. The number of amides is 2. The van der Waals surface area contributed by atoms with Gasteiger partial charge in [-0.3, -0.25) is 0 Å². The van der Waals surface area contributed by atoms with E-state index >= 15 is 0 Å². The first-order chi connectivity index (χ1) is 8.45. The minimum Gasteiger partial charge on any atom is -0.480 e. The van der Waals surface area contributed by atoms with Crippen LogP contribution in [0.4, 0.5) is 4.79 Å². The van der Waals surface area contributed by atoms with Gasteiger partial charge in [0.15, 0.2) is 0 Å². The van der Waals surface area contributed by atoms with Crippen LogP contribution in [-0.4, -0.2) is 52.1 Å². The topological polar surface area (TPSA) is 69.6 Å². The summed E-state index contributed by atoms with van der Waals surface area (Å²) in [5.41, 5.74) is 0. The van der Waals surface area contributed by atoms with E-state index in [2.05, 4.69) is 12.2 Å². The molecule has 0 heterocycles. The minimum absolute atomic E-state index is 0.185. The van der Waals surface area contributed by atoms with Crippen molar-refractivity contribution in [3.63, 3.8) is 0 Å². The fourth-order valence-corrected chi connectivity index (χ4v) is 3.22. The number of hydrogen-bond acceptors (Lipinski definition) is 3. The number of carboxylic acids is 1. The van der Waals surface area contributed by atoms with E-state index in [0.29, 0.717) is 5.25 Å². The van der Waals surface area contributed by atoms with Gasteiger partial charge in [-0.1, -0.05) is 6.92 Å². The molecule has 0 aliphatic heterocycles. The highest BCUT2D eigenvalue weighted by molar-refractivity contribution is 7.99. The number of hydrogen-bond donors (Lipinski definition) is 2. The number of rotatable bonds is 5. The monoisotopic (exact) mass is 274 g/mol. The van der Waals surface area contributed by atoms with E-state index in [9.17, 15) is 9.59 Å². The number of carboxylic acid groups (broad SMARTS) is 1. The van der Waals surface area contributed by atoms with E-state index in [1.807, 2.05) is 11.8 Å². The summed E-state index contributed by atoms with van der Waals surface area (Å²) in [6, 6.07) is -0.908. The van der Waals surface area contributed by atoms with Crippen molar-refractivity contribution in [3.05, 3.63) is 0 Å². The molecule has 3 atom stereocenters. The van der Waals surface area contributed by atoms with Crippen molar-refractivity contribution in [2.45, 2.75) is 50.4 Å². The van der Waals surface area contributed by atoms with Crippen molar-refractivity contribution in [3.8, 4) is 0 Å². The number of thioether (sulfide) groups is 1. The summed E-state index contributed by atoms with van der Waals surface area (Å²) in [6.45, 7) is 3.64. The van der Waals surface area contributed by atoms with E-state index < -0.39 is 12.0 Å². The average Bonchev–Trinajstić information content (AvgIpc) is 2.75. The molecule has 1 fully saturated rings. The van der Waals surface area contributed by atoms with Crippen LogP contribution in [0.25, 0.3) is 0 Å². The van der Waals surface area contributed by atoms with E-state index in [0.717, 1.165) is 25.0 Å². The molecule has 1 saturated carbocycles. The van der Waals surface area contributed by atoms with Crippen LogP contribution in [0.5, 0.6) is 0 Å². The maximum absolute atomic E-state index is 11.9. The summed E-state index contributed by atoms with van der Waals surface area (Å²) >= 11 is 1.93. The van der Waals surface area contributed by atoms with Crippen LogP contribution >= 0.6 is 11.8 Å². The van der Waals surface area contributed by atoms with Crippen LogP contribution in [0.3, 0.4) is 0 Å². The summed E-state index contributed by atoms with van der Waals surface area (Å²) < 4.78 is 0. The van der Waals surface area contributed by atoms with Gasteiger partial charge < -0.3 is 15.3 Å². The molecule has 0 radical (unpaired) electrons. The zero-order chi connectivity index (χ0) is 13.7. The number of carbonyl (C=O) groups is 2. The molecule has 5 nitrogen and oxygen atoms in total. The van der Waals surface area contributed by atoms with Crippen molar-refractivity contribution >= 4 is 23.8 Å². The van der Waals surface area contributed by atoms with Gasteiger partial charge in [0.05, 0.1) is 0 Å². The molecule has 0 saturated heterocycles. The number of likely N-dealkylation sites (N-methyl/N-ethyl adjacent to an activating group) is 1. The van der Waals surface area contributed by atoms with Gasteiger partial charge in [0.25, 0.3) is 0 Å². The lowest BCUT2D eigenvalue weighted by Crippen LogP contribution is -2.48. The van der Waals surface area contributed by atoms with Crippen LogP contribution in [-0.2, 0) is 4.79 Å². The Hall–Kier alpha value is -0.910. The molecule has 1 aliphatic rings. The molecule has 0 aromatic heterocycles. The Bertz CT molecular complexity index is 312. The summed E-state index contributed by atoms with van der Waals surface area (Å²) in [6.07, 6.45) is 3.10. The first kappa shape index (κ1) is 15.1. The summed E-state index contributed by atoms with van der Waals surface area (Å²) in [4.78, 5) is 23.9. The molecular weight excluding hydrogens is 252 g/mol. The normalized spacial score (nSPS) is 24.6. The summed E-state index contributed by atoms with van der Waals surface area (Å²) in [5, 5.41) is 12.4. The summed E-state index contributed by atoms with van der Waals surface area (Å²) in [5.74, 6) is 0.111. The van der Waals surface area contributed by atoms with Crippen molar-refractivity contribution in [2.75, 3.05) is 12.8 Å². The Morgan fingerprint density at radius 3 is 2.72 bits per heavy atom. The van der Waals surface area contributed by atoms with E-state index in [1.165, 1.54) is 18.9 Å². The van der Waals surface area contributed by atoms with Crippen LogP contribution < -0.4 is 5.32 Å². The lowest BCUT2D eigenvalue weighted by molar-refractivity contribution is -0.141. The molecule has 0 bridgehead atoms. The molecule has 0 aromatic rings. The zero-order valence-electron chi connectivity index (χ0n) is 11.2. The highest BCUT2D eigenvalue weighted by Crippen LogP contribution is 2.29. The first-order valence-corrected chi connectivity index (χ1v) is 7.38. The van der Waals surface area contributed by atoms with Gasteiger partial charge in [-0.15, -0.1) is 0 Å². The molecule has 0 aromatic carbocycles. The van der Waals surface area contributed by atoms with Gasteiger partial charge in [0.2, 0.25) is 0 Å². The predicted molar refractivity (Wildman–Crippen MR) is 73.0 cm³/mol. The SMILES string of the molecule is CCSC1CCC(NC(=O)N(C)C(C)C(=O)O)C1. The molecule has 3 unspecified atom stereocenters. The van der Waals surface area contributed by atoms with Crippen molar-refractivity contribution in [1.29, 1.82) is 0 Å². The van der Waals surface area contributed by atoms with Gasteiger partial charge in [-0.05, 0) is 31.9 Å². The molecule has 6 heteroatoms. The van der Waals surface area contributed by atoms with Gasteiger partial charge in [0.1, 0.15) is 6.04 Å². The molecule has 1 aliphatic carbocycles. The van der Waals surface area contributed by atoms with Gasteiger partial charge in [-0.25, -0.2) is 9.59 Å². The fourth-order valence-electron chi connectivity index (χ4n) is 2.08. The maximum Gasteiger partial charge on any atom is 0.326 e. The highest BCUT2D eigenvalue weighted by atomic mass is 32.2. The number of nitrogens with zero attached hydrogens (tertiary/aromatic N) is 1. The molecular formula is C12H22N2O3S. The Labute approximate surface area is 112 Å². The van der Waals surface area contributed by atoms with Gasteiger partial charge >= 0.3 is 12.0 Å². The predicted octanol–water partition coefficient (Wildman–Crippen LogP) is 1.78. The zero-order valence-corrected chi connectivity index (χ0v) is 12.0. The average molecular weight is 274 g/mol. The Morgan fingerprint density at radius 1 is 1.50 bits per heavy atom. The van der Waals surface area contributed by atoms with Crippen molar-refractivity contribution < 1.29 is 14.7 Å². The van der Waals surface area contributed by atoms with Crippen LogP contribution in [0.2, 0.25) is 0 Å². The van der Waals surface area contributed by atoms with E-state index in [-0.39, 0.29) is 12.1 Å². The molecule has 0 spiro atoms. The lowest BCUT2D eigenvalue weighted by atomic mass is 10.2. The Balaban J connectivity index is 2.39. The highest BCUT2D eigenvalue weighted by Gasteiger charge is 2.28. The Morgan fingerprint density at radius 2 is 2.17 bits per heavy atom. The minimum atomic E-state index is -0.988. The third-order valence-electron chi connectivity index (χ3n) is 3.37. The van der Waals surface area contributed by atoms with Crippen molar-refractivity contribution in [1.82, 2.24) is 10.2 Å². The molecule has 104 valence electrons. The van der Waals surface area contributed by atoms with E-state index in [4.69, 9.17) is 5.11 Å². The van der Waals surface area contributed by atoms with Crippen LogP contribution in [0.15, 0.2) is 0 Å². The van der Waals surface area contributed by atoms with E-state index in [1.54, 1.807) is 0 Å².